The van der Waals surface area contributed by atoms with Crippen LogP contribution in [-0.2, 0) is 0 Å². The van der Waals surface area contributed by atoms with Crippen molar-refractivity contribution in [2.45, 2.75) is 56.2 Å². The average Bonchev–Trinajstić information content (AvgIpc) is 3.10. The highest BCUT2D eigenvalue weighted by Gasteiger charge is 2.43. The Morgan fingerprint density at radius 3 is 2.69 bits per heavy atom. The summed E-state index contributed by atoms with van der Waals surface area (Å²) in [6.07, 6.45) is 7.69. The third-order valence-corrected chi connectivity index (χ3v) is 5.50. The molecule has 2 fully saturated rings. The molecule has 0 amide bonds. The molecule has 2 aliphatic carbocycles. The van der Waals surface area contributed by atoms with Gasteiger partial charge in [-0.1, -0.05) is 19.8 Å². The molecule has 90 valence electrons. The van der Waals surface area contributed by atoms with Crippen LogP contribution in [0.2, 0.25) is 0 Å². The predicted molar refractivity (Wildman–Crippen MR) is 69.1 cm³/mol. The summed E-state index contributed by atoms with van der Waals surface area (Å²) in [5.74, 6) is 2.18. The minimum absolute atomic E-state index is 0.478. The minimum atomic E-state index is -0.536. The zero-order valence-electron chi connectivity index (χ0n) is 10.1. The molecule has 2 nitrogen and oxygen atoms in total. The second kappa shape index (κ2) is 4.98. The van der Waals surface area contributed by atoms with Crippen molar-refractivity contribution in [3.8, 4) is 6.07 Å². The normalized spacial score (nSPS) is 34.1. The lowest BCUT2D eigenvalue weighted by Crippen LogP contribution is -2.44. The largest absolute Gasteiger partial charge is 0.312 e. The van der Waals surface area contributed by atoms with E-state index in [-0.39, 0.29) is 0 Å². The standard InChI is InChI=1S/C13H22N2S/c1-10-3-2-4-12(7-10)16-9-13(15,8-14)11-5-6-11/h10-12H,2-7,9,15H2,1H3. The van der Waals surface area contributed by atoms with Gasteiger partial charge in [-0.25, -0.2) is 0 Å². The first-order valence-electron chi connectivity index (χ1n) is 6.46. The van der Waals surface area contributed by atoms with E-state index >= 15 is 0 Å². The van der Waals surface area contributed by atoms with Gasteiger partial charge in [-0.3, -0.25) is 0 Å². The molecule has 3 atom stereocenters. The van der Waals surface area contributed by atoms with Crippen LogP contribution in [0, 0.1) is 23.2 Å². The van der Waals surface area contributed by atoms with Gasteiger partial charge < -0.3 is 5.73 Å². The number of nitriles is 1. The lowest BCUT2D eigenvalue weighted by Gasteiger charge is -2.29. The number of rotatable bonds is 4. The lowest BCUT2D eigenvalue weighted by molar-refractivity contribution is 0.393. The van der Waals surface area contributed by atoms with Gasteiger partial charge in [0, 0.05) is 11.0 Å². The van der Waals surface area contributed by atoms with Crippen molar-refractivity contribution in [3.63, 3.8) is 0 Å². The molecule has 2 N–H and O–H groups in total. The maximum Gasteiger partial charge on any atom is 0.116 e. The van der Waals surface area contributed by atoms with Gasteiger partial charge in [-0.15, -0.1) is 0 Å². The first-order valence-corrected chi connectivity index (χ1v) is 7.50. The Hall–Kier alpha value is -0.200. The molecule has 16 heavy (non-hydrogen) atoms. The number of thioether (sulfide) groups is 1. The molecule has 2 aliphatic rings. The Kier molecular flexibility index (Phi) is 3.81. The summed E-state index contributed by atoms with van der Waals surface area (Å²) in [5.41, 5.74) is 5.64. The highest BCUT2D eigenvalue weighted by atomic mass is 32.2. The summed E-state index contributed by atoms with van der Waals surface area (Å²) in [6.45, 7) is 2.34. The van der Waals surface area contributed by atoms with Crippen molar-refractivity contribution in [1.82, 2.24) is 0 Å². The van der Waals surface area contributed by atoms with Crippen molar-refractivity contribution in [2.24, 2.45) is 17.6 Å². The fourth-order valence-electron chi connectivity index (χ4n) is 2.63. The van der Waals surface area contributed by atoms with E-state index in [1.807, 2.05) is 11.8 Å². The monoisotopic (exact) mass is 238 g/mol. The van der Waals surface area contributed by atoms with Gasteiger partial charge >= 0.3 is 0 Å². The quantitative estimate of drug-likeness (QED) is 0.819. The van der Waals surface area contributed by atoms with Gasteiger partial charge in [0.25, 0.3) is 0 Å². The summed E-state index contributed by atoms with van der Waals surface area (Å²) in [7, 11) is 0. The molecular weight excluding hydrogens is 216 g/mol. The first-order chi connectivity index (χ1) is 7.64. The second-order valence-corrected chi connectivity index (χ2v) is 6.92. The molecule has 0 aromatic rings. The number of nitrogens with zero attached hydrogens (tertiary/aromatic N) is 1. The van der Waals surface area contributed by atoms with Crippen LogP contribution in [-0.4, -0.2) is 16.5 Å². The Balaban J connectivity index is 1.79. The maximum absolute atomic E-state index is 9.19. The molecule has 0 aliphatic heterocycles. The van der Waals surface area contributed by atoms with Crippen LogP contribution in [0.1, 0.15) is 45.4 Å². The molecule has 0 saturated heterocycles. The molecule has 2 rings (SSSR count). The van der Waals surface area contributed by atoms with Gasteiger partial charge in [0.15, 0.2) is 0 Å². The predicted octanol–water partition coefficient (Wildman–Crippen LogP) is 2.93. The van der Waals surface area contributed by atoms with Crippen molar-refractivity contribution in [3.05, 3.63) is 0 Å². The van der Waals surface area contributed by atoms with E-state index in [1.165, 1.54) is 25.7 Å². The van der Waals surface area contributed by atoms with Crippen LogP contribution >= 0.6 is 11.8 Å². The average molecular weight is 238 g/mol. The summed E-state index contributed by atoms with van der Waals surface area (Å²) >= 11 is 1.95. The zero-order chi connectivity index (χ0) is 11.6. The second-order valence-electron chi connectivity index (χ2n) is 5.63. The van der Waals surface area contributed by atoms with Crippen LogP contribution < -0.4 is 5.73 Å². The van der Waals surface area contributed by atoms with E-state index in [4.69, 9.17) is 5.73 Å². The zero-order valence-corrected chi connectivity index (χ0v) is 10.9. The van der Waals surface area contributed by atoms with E-state index in [1.54, 1.807) is 0 Å². The fraction of sp³-hybridized carbons (Fsp3) is 0.923. The third kappa shape index (κ3) is 2.93. The first kappa shape index (κ1) is 12.3. The van der Waals surface area contributed by atoms with E-state index < -0.39 is 5.54 Å². The molecule has 0 aromatic heterocycles. The highest BCUT2D eigenvalue weighted by molar-refractivity contribution is 8.00. The van der Waals surface area contributed by atoms with E-state index in [2.05, 4.69) is 13.0 Å². The molecule has 2 saturated carbocycles. The van der Waals surface area contributed by atoms with E-state index in [0.717, 1.165) is 29.8 Å². The van der Waals surface area contributed by atoms with Gasteiger partial charge in [-0.05, 0) is 37.5 Å². The summed E-state index contributed by atoms with van der Waals surface area (Å²) in [5, 5.41) is 9.94. The van der Waals surface area contributed by atoms with Crippen molar-refractivity contribution >= 4 is 11.8 Å². The molecule has 0 radical (unpaired) electrons. The fourth-order valence-corrected chi connectivity index (χ4v) is 4.24. The number of hydrogen-bond acceptors (Lipinski definition) is 3. The molecule has 0 heterocycles. The minimum Gasteiger partial charge on any atom is -0.312 e. The van der Waals surface area contributed by atoms with Crippen LogP contribution in [0.15, 0.2) is 0 Å². The molecule has 0 aromatic carbocycles. The van der Waals surface area contributed by atoms with Crippen LogP contribution in [0.4, 0.5) is 0 Å². The number of nitrogens with two attached hydrogens (primary N) is 1. The molecule has 3 unspecified atom stereocenters. The molecule has 3 heteroatoms. The van der Waals surface area contributed by atoms with Crippen LogP contribution in [0.25, 0.3) is 0 Å². The van der Waals surface area contributed by atoms with E-state index in [9.17, 15) is 5.26 Å². The Morgan fingerprint density at radius 1 is 1.38 bits per heavy atom. The summed E-state index contributed by atoms with van der Waals surface area (Å²) in [4.78, 5) is 0. The van der Waals surface area contributed by atoms with Crippen LogP contribution in [0.3, 0.4) is 0 Å². The number of hydrogen-bond donors (Lipinski definition) is 1. The van der Waals surface area contributed by atoms with Crippen molar-refractivity contribution < 1.29 is 0 Å². The maximum atomic E-state index is 9.19. The Morgan fingerprint density at radius 2 is 2.12 bits per heavy atom. The molecular formula is C13H22N2S. The molecule has 0 bridgehead atoms. The molecule has 0 spiro atoms. The van der Waals surface area contributed by atoms with Crippen molar-refractivity contribution in [1.29, 1.82) is 5.26 Å². The SMILES string of the molecule is CC1CCCC(SCC(N)(C#N)C2CC2)C1. The lowest BCUT2D eigenvalue weighted by atomic mass is 9.90. The van der Waals surface area contributed by atoms with E-state index in [0.29, 0.717) is 5.92 Å². The Bertz CT molecular complexity index is 282. The van der Waals surface area contributed by atoms with Crippen LogP contribution in [0.5, 0.6) is 0 Å². The topological polar surface area (TPSA) is 49.8 Å². The Labute approximate surface area is 103 Å². The van der Waals surface area contributed by atoms with Gasteiger partial charge in [0.05, 0.1) is 6.07 Å². The van der Waals surface area contributed by atoms with Gasteiger partial charge in [0.2, 0.25) is 0 Å². The summed E-state index contributed by atoms with van der Waals surface area (Å²) < 4.78 is 0. The van der Waals surface area contributed by atoms with Crippen molar-refractivity contribution in [2.75, 3.05) is 5.75 Å². The van der Waals surface area contributed by atoms with Gasteiger partial charge in [-0.2, -0.15) is 17.0 Å². The van der Waals surface area contributed by atoms with Gasteiger partial charge in [0.1, 0.15) is 5.54 Å². The smallest absolute Gasteiger partial charge is 0.116 e. The third-order valence-electron chi connectivity index (χ3n) is 3.96. The highest BCUT2D eigenvalue weighted by Crippen LogP contribution is 2.41. The summed E-state index contributed by atoms with van der Waals surface area (Å²) in [6, 6.07) is 2.35.